The molecule has 0 radical (unpaired) electrons. The highest BCUT2D eigenvalue weighted by Gasteiger charge is 2.14. The van der Waals surface area contributed by atoms with Gasteiger partial charge < -0.3 is 9.84 Å². The van der Waals surface area contributed by atoms with Crippen LogP contribution in [0.3, 0.4) is 0 Å². The standard InChI is InChI=1S/C14H11ClF2O2/c1-8-2-3-10(6-11(8)15)19-14-12(16)4-9(7-18)5-13(14)17/h2-6,18H,7H2,1H3. The summed E-state index contributed by atoms with van der Waals surface area (Å²) in [5, 5.41) is 9.29. The Morgan fingerprint density at radius 2 is 1.79 bits per heavy atom. The molecule has 0 aliphatic heterocycles. The minimum absolute atomic E-state index is 0.143. The lowest BCUT2D eigenvalue weighted by atomic mass is 10.2. The first-order valence-corrected chi connectivity index (χ1v) is 5.92. The Morgan fingerprint density at radius 1 is 1.16 bits per heavy atom. The van der Waals surface area contributed by atoms with Crippen LogP contribution in [0.5, 0.6) is 11.5 Å². The molecule has 0 spiro atoms. The van der Waals surface area contributed by atoms with Crippen LogP contribution in [-0.4, -0.2) is 5.11 Å². The van der Waals surface area contributed by atoms with E-state index in [1.807, 2.05) is 6.92 Å². The molecule has 0 fully saturated rings. The van der Waals surface area contributed by atoms with Gasteiger partial charge in [0.2, 0.25) is 0 Å². The van der Waals surface area contributed by atoms with Crippen molar-refractivity contribution in [1.29, 1.82) is 0 Å². The summed E-state index contributed by atoms with van der Waals surface area (Å²) in [6.45, 7) is 1.37. The Bertz CT molecular complexity index is 591. The highest BCUT2D eigenvalue weighted by atomic mass is 35.5. The summed E-state index contributed by atoms with van der Waals surface area (Å²) < 4.78 is 32.5. The van der Waals surface area contributed by atoms with E-state index < -0.39 is 24.0 Å². The maximum absolute atomic E-state index is 13.7. The van der Waals surface area contributed by atoms with Gasteiger partial charge in [-0.15, -0.1) is 0 Å². The summed E-state index contributed by atoms with van der Waals surface area (Å²) in [7, 11) is 0. The number of benzene rings is 2. The van der Waals surface area contributed by atoms with Gasteiger partial charge in [0.25, 0.3) is 0 Å². The second kappa shape index (κ2) is 5.55. The van der Waals surface area contributed by atoms with Crippen molar-refractivity contribution in [3.63, 3.8) is 0 Å². The number of hydrogen-bond acceptors (Lipinski definition) is 2. The maximum Gasteiger partial charge on any atom is 0.198 e. The van der Waals surface area contributed by atoms with Crippen molar-refractivity contribution in [3.8, 4) is 11.5 Å². The van der Waals surface area contributed by atoms with Gasteiger partial charge in [0, 0.05) is 5.02 Å². The first kappa shape index (κ1) is 13.8. The second-order valence-electron chi connectivity index (χ2n) is 4.06. The fraction of sp³-hybridized carbons (Fsp3) is 0.143. The van der Waals surface area contributed by atoms with Gasteiger partial charge in [0.15, 0.2) is 17.4 Å². The Kier molecular flexibility index (Phi) is 4.02. The lowest BCUT2D eigenvalue weighted by Crippen LogP contribution is -1.96. The summed E-state index contributed by atoms with van der Waals surface area (Å²) in [4.78, 5) is 0. The molecule has 19 heavy (non-hydrogen) atoms. The summed E-state index contributed by atoms with van der Waals surface area (Å²) in [5.74, 6) is -2.02. The van der Waals surface area contributed by atoms with E-state index in [0.717, 1.165) is 17.7 Å². The van der Waals surface area contributed by atoms with Crippen LogP contribution < -0.4 is 4.74 Å². The molecule has 0 saturated carbocycles. The van der Waals surface area contributed by atoms with Crippen LogP contribution in [0.25, 0.3) is 0 Å². The Balaban J connectivity index is 2.35. The van der Waals surface area contributed by atoms with E-state index in [2.05, 4.69) is 0 Å². The fourth-order valence-corrected chi connectivity index (χ4v) is 1.73. The third kappa shape index (κ3) is 3.03. The molecule has 2 nitrogen and oxygen atoms in total. The maximum atomic E-state index is 13.7. The number of ether oxygens (including phenoxy) is 1. The van der Waals surface area contributed by atoms with Gasteiger partial charge in [-0.3, -0.25) is 0 Å². The van der Waals surface area contributed by atoms with Crippen molar-refractivity contribution < 1.29 is 18.6 Å². The molecule has 0 heterocycles. The van der Waals surface area contributed by atoms with Crippen LogP contribution in [-0.2, 0) is 6.61 Å². The largest absolute Gasteiger partial charge is 0.451 e. The molecule has 0 bridgehead atoms. The van der Waals surface area contributed by atoms with Crippen LogP contribution in [0.1, 0.15) is 11.1 Å². The lowest BCUT2D eigenvalue weighted by molar-refractivity contribution is 0.279. The zero-order valence-corrected chi connectivity index (χ0v) is 10.8. The average molecular weight is 285 g/mol. The van der Waals surface area contributed by atoms with Gasteiger partial charge in [-0.2, -0.15) is 0 Å². The Hall–Kier alpha value is -1.65. The van der Waals surface area contributed by atoms with Crippen molar-refractivity contribution in [3.05, 3.63) is 58.1 Å². The smallest absolute Gasteiger partial charge is 0.198 e. The molecule has 0 aromatic heterocycles. The van der Waals surface area contributed by atoms with Gasteiger partial charge in [0.05, 0.1) is 6.61 Å². The van der Waals surface area contributed by atoms with Gasteiger partial charge in [-0.05, 0) is 42.3 Å². The quantitative estimate of drug-likeness (QED) is 0.915. The van der Waals surface area contributed by atoms with Crippen molar-refractivity contribution >= 4 is 11.6 Å². The van der Waals surface area contributed by atoms with Crippen LogP contribution in [0.15, 0.2) is 30.3 Å². The predicted octanol–water partition coefficient (Wildman–Crippen LogP) is 4.21. The topological polar surface area (TPSA) is 29.5 Å². The van der Waals surface area contributed by atoms with E-state index in [4.69, 9.17) is 21.4 Å². The summed E-state index contributed by atoms with van der Waals surface area (Å²) >= 11 is 5.91. The van der Waals surface area contributed by atoms with Gasteiger partial charge in [-0.1, -0.05) is 17.7 Å². The van der Waals surface area contributed by atoms with Crippen molar-refractivity contribution in [2.45, 2.75) is 13.5 Å². The first-order valence-electron chi connectivity index (χ1n) is 5.54. The number of hydrogen-bond donors (Lipinski definition) is 1. The van der Waals surface area contributed by atoms with Crippen molar-refractivity contribution in [2.75, 3.05) is 0 Å². The van der Waals surface area contributed by atoms with Crippen LogP contribution in [0.4, 0.5) is 8.78 Å². The summed E-state index contributed by atoms with van der Waals surface area (Å²) in [6.07, 6.45) is 0. The number of aliphatic hydroxyl groups excluding tert-OH is 1. The molecular formula is C14H11ClF2O2. The fourth-order valence-electron chi connectivity index (χ4n) is 1.56. The number of aliphatic hydroxyl groups is 1. The minimum Gasteiger partial charge on any atom is -0.451 e. The predicted molar refractivity (Wildman–Crippen MR) is 68.5 cm³/mol. The normalized spacial score (nSPS) is 10.6. The molecule has 0 atom stereocenters. The molecular weight excluding hydrogens is 274 g/mol. The lowest BCUT2D eigenvalue weighted by Gasteiger charge is -2.10. The third-order valence-corrected chi connectivity index (χ3v) is 3.01. The molecule has 1 N–H and O–H groups in total. The summed E-state index contributed by atoms with van der Waals surface area (Å²) in [5.41, 5.74) is 0.981. The second-order valence-corrected chi connectivity index (χ2v) is 4.47. The highest BCUT2D eigenvalue weighted by molar-refractivity contribution is 6.31. The molecule has 2 aromatic carbocycles. The van der Waals surface area contributed by atoms with E-state index in [1.54, 1.807) is 12.1 Å². The van der Waals surface area contributed by atoms with Crippen molar-refractivity contribution in [1.82, 2.24) is 0 Å². The van der Waals surface area contributed by atoms with E-state index in [-0.39, 0.29) is 11.3 Å². The molecule has 0 aliphatic rings. The number of halogens is 3. The number of aryl methyl sites for hydroxylation is 1. The zero-order chi connectivity index (χ0) is 14.0. The van der Waals surface area contributed by atoms with Gasteiger partial charge in [-0.25, -0.2) is 8.78 Å². The molecule has 0 unspecified atom stereocenters. The SMILES string of the molecule is Cc1ccc(Oc2c(F)cc(CO)cc2F)cc1Cl. The zero-order valence-electron chi connectivity index (χ0n) is 10.1. The third-order valence-electron chi connectivity index (χ3n) is 2.60. The molecule has 0 saturated heterocycles. The molecule has 5 heteroatoms. The van der Waals surface area contributed by atoms with E-state index >= 15 is 0 Å². The van der Waals surface area contributed by atoms with E-state index in [9.17, 15) is 8.78 Å². The van der Waals surface area contributed by atoms with Crippen LogP contribution in [0, 0.1) is 18.6 Å². The first-order chi connectivity index (χ1) is 9.01. The summed E-state index contributed by atoms with van der Waals surface area (Å²) in [6, 6.07) is 6.79. The molecule has 100 valence electrons. The van der Waals surface area contributed by atoms with Crippen LogP contribution >= 0.6 is 11.6 Å². The Labute approximate surface area is 114 Å². The number of rotatable bonds is 3. The van der Waals surface area contributed by atoms with Crippen LogP contribution in [0.2, 0.25) is 5.02 Å². The van der Waals surface area contributed by atoms with Gasteiger partial charge >= 0.3 is 0 Å². The van der Waals surface area contributed by atoms with E-state index in [0.29, 0.717) is 5.02 Å². The molecule has 0 aliphatic carbocycles. The van der Waals surface area contributed by atoms with E-state index in [1.165, 1.54) is 6.07 Å². The van der Waals surface area contributed by atoms with Crippen molar-refractivity contribution in [2.24, 2.45) is 0 Å². The minimum atomic E-state index is -0.874. The highest BCUT2D eigenvalue weighted by Crippen LogP contribution is 2.30. The molecule has 0 amide bonds. The van der Waals surface area contributed by atoms with Gasteiger partial charge in [0.1, 0.15) is 5.75 Å². The molecule has 2 rings (SSSR count). The molecule has 2 aromatic rings. The monoisotopic (exact) mass is 284 g/mol. The average Bonchev–Trinajstić information content (AvgIpc) is 2.37. The Morgan fingerprint density at radius 3 is 2.32 bits per heavy atom.